The Bertz CT molecular complexity index is 595. The van der Waals surface area contributed by atoms with Crippen LogP contribution in [0.5, 0.6) is 0 Å². The van der Waals surface area contributed by atoms with Gasteiger partial charge in [-0.15, -0.1) is 0 Å². The predicted octanol–water partition coefficient (Wildman–Crippen LogP) is 4.53. The lowest BCUT2D eigenvalue weighted by atomic mass is 9.93. The maximum Gasteiger partial charge on any atom is 0.0595 e. The normalized spacial score (nSPS) is 21.9. The van der Waals surface area contributed by atoms with Crippen LogP contribution in [-0.4, -0.2) is 0 Å². The van der Waals surface area contributed by atoms with Crippen LogP contribution >= 0.6 is 23.2 Å². The van der Waals surface area contributed by atoms with Gasteiger partial charge in [0.15, 0.2) is 0 Å². The van der Waals surface area contributed by atoms with Crippen molar-refractivity contribution in [2.24, 2.45) is 5.73 Å². The van der Waals surface area contributed by atoms with Crippen molar-refractivity contribution >= 4 is 23.2 Å². The first kappa shape index (κ1) is 12.0. The first-order valence-electron chi connectivity index (χ1n) is 5.96. The molecule has 0 bridgehead atoms. The molecule has 0 saturated heterocycles. The minimum absolute atomic E-state index is 0.112. The molecule has 3 rings (SSSR count). The van der Waals surface area contributed by atoms with Crippen molar-refractivity contribution in [3.05, 3.63) is 69.2 Å². The van der Waals surface area contributed by atoms with Crippen LogP contribution in [0.4, 0.5) is 0 Å². The van der Waals surface area contributed by atoms with E-state index in [9.17, 15) is 0 Å². The fourth-order valence-corrected chi connectivity index (χ4v) is 3.03. The van der Waals surface area contributed by atoms with Gasteiger partial charge in [-0.1, -0.05) is 53.5 Å². The summed E-state index contributed by atoms with van der Waals surface area (Å²) < 4.78 is 0. The van der Waals surface area contributed by atoms with Crippen molar-refractivity contribution < 1.29 is 0 Å². The standard InChI is InChI=1S/C15H13Cl2N/c16-13-6-5-9(7-14(13)17)12-8-15(18)11-4-2-1-3-10(11)12/h1-7,12,15H,8,18H2/t12-,15-/m0/s1. The third-order valence-electron chi connectivity index (χ3n) is 3.61. The number of hydrogen-bond acceptors (Lipinski definition) is 1. The number of fused-ring (bicyclic) bond motifs is 1. The summed E-state index contributed by atoms with van der Waals surface area (Å²) in [6.07, 6.45) is 0.928. The van der Waals surface area contributed by atoms with E-state index >= 15 is 0 Å². The maximum atomic E-state index is 6.18. The Balaban J connectivity index is 2.06. The predicted molar refractivity (Wildman–Crippen MR) is 76.3 cm³/mol. The van der Waals surface area contributed by atoms with E-state index in [-0.39, 0.29) is 6.04 Å². The molecule has 0 heterocycles. The average Bonchev–Trinajstić information content (AvgIpc) is 2.71. The van der Waals surface area contributed by atoms with E-state index in [1.54, 1.807) is 0 Å². The molecule has 0 spiro atoms. The molecule has 0 saturated carbocycles. The molecule has 2 aromatic rings. The Kier molecular flexibility index (Phi) is 3.06. The van der Waals surface area contributed by atoms with Crippen LogP contribution in [-0.2, 0) is 0 Å². The fourth-order valence-electron chi connectivity index (χ4n) is 2.72. The van der Waals surface area contributed by atoms with Crippen LogP contribution in [0.25, 0.3) is 0 Å². The van der Waals surface area contributed by atoms with Gasteiger partial charge in [0, 0.05) is 12.0 Å². The van der Waals surface area contributed by atoms with Gasteiger partial charge in [-0.3, -0.25) is 0 Å². The second kappa shape index (κ2) is 4.58. The van der Waals surface area contributed by atoms with Crippen LogP contribution in [0, 0.1) is 0 Å². The highest BCUT2D eigenvalue weighted by Gasteiger charge is 2.29. The second-order valence-electron chi connectivity index (χ2n) is 4.70. The molecule has 3 heteroatoms. The Morgan fingerprint density at radius 1 is 0.944 bits per heavy atom. The highest BCUT2D eigenvalue weighted by molar-refractivity contribution is 6.42. The van der Waals surface area contributed by atoms with Gasteiger partial charge in [-0.05, 0) is 35.2 Å². The molecule has 18 heavy (non-hydrogen) atoms. The Hall–Kier alpha value is -1.02. The zero-order valence-electron chi connectivity index (χ0n) is 9.74. The third-order valence-corrected chi connectivity index (χ3v) is 4.35. The molecule has 0 radical (unpaired) electrons. The summed E-state index contributed by atoms with van der Waals surface area (Å²) in [4.78, 5) is 0. The minimum Gasteiger partial charge on any atom is -0.324 e. The number of nitrogens with two attached hydrogens (primary N) is 1. The van der Waals surface area contributed by atoms with Crippen LogP contribution in [0.2, 0.25) is 10.0 Å². The zero-order valence-corrected chi connectivity index (χ0v) is 11.2. The first-order chi connectivity index (χ1) is 8.66. The fraction of sp³-hybridized carbons (Fsp3) is 0.200. The van der Waals surface area contributed by atoms with Crippen molar-refractivity contribution in [1.29, 1.82) is 0 Å². The topological polar surface area (TPSA) is 26.0 Å². The minimum atomic E-state index is 0.112. The van der Waals surface area contributed by atoms with Gasteiger partial charge in [-0.2, -0.15) is 0 Å². The molecule has 0 unspecified atom stereocenters. The van der Waals surface area contributed by atoms with Crippen molar-refractivity contribution in [2.75, 3.05) is 0 Å². The first-order valence-corrected chi connectivity index (χ1v) is 6.72. The molecule has 2 N–H and O–H groups in total. The van der Waals surface area contributed by atoms with Gasteiger partial charge < -0.3 is 5.73 Å². The molecular weight excluding hydrogens is 265 g/mol. The van der Waals surface area contributed by atoms with E-state index in [4.69, 9.17) is 28.9 Å². The molecule has 0 aliphatic heterocycles. The van der Waals surface area contributed by atoms with Gasteiger partial charge >= 0.3 is 0 Å². The van der Waals surface area contributed by atoms with E-state index in [1.165, 1.54) is 16.7 Å². The molecule has 1 aliphatic carbocycles. The van der Waals surface area contributed by atoms with Crippen molar-refractivity contribution in [1.82, 2.24) is 0 Å². The van der Waals surface area contributed by atoms with Crippen LogP contribution in [0.15, 0.2) is 42.5 Å². The number of benzene rings is 2. The summed E-state index contributed by atoms with van der Waals surface area (Å²) in [6, 6.07) is 14.3. The molecule has 1 nitrogen and oxygen atoms in total. The molecule has 0 amide bonds. The molecule has 92 valence electrons. The summed E-state index contributed by atoms with van der Waals surface area (Å²) in [6.45, 7) is 0. The summed E-state index contributed by atoms with van der Waals surface area (Å²) in [5.41, 5.74) is 9.92. The highest BCUT2D eigenvalue weighted by Crippen LogP contribution is 2.43. The van der Waals surface area contributed by atoms with E-state index in [1.807, 2.05) is 24.3 Å². The SMILES string of the molecule is N[C@H]1C[C@@H](c2ccc(Cl)c(Cl)c2)c2ccccc21. The van der Waals surface area contributed by atoms with Crippen molar-refractivity contribution in [3.8, 4) is 0 Å². The Morgan fingerprint density at radius 2 is 1.67 bits per heavy atom. The van der Waals surface area contributed by atoms with Crippen molar-refractivity contribution in [2.45, 2.75) is 18.4 Å². The number of rotatable bonds is 1. The summed E-state index contributed by atoms with van der Waals surface area (Å²) in [5.74, 6) is 0.325. The van der Waals surface area contributed by atoms with E-state index in [0.717, 1.165) is 6.42 Å². The number of hydrogen-bond donors (Lipinski definition) is 1. The maximum absolute atomic E-state index is 6.18. The molecule has 0 aromatic heterocycles. The Morgan fingerprint density at radius 3 is 2.39 bits per heavy atom. The van der Waals surface area contributed by atoms with Crippen LogP contribution < -0.4 is 5.73 Å². The summed E-state index contributed by atoms with van der Waals surface area (Å²) >= 11 is 12.1. The summed E-state index contributed by atoms with van der Waals surface area (Å²) in [5, 5.41) is 1.20. The average molecular weight is 278 g/mol. The van der Waals surface area contributed by atoms with Crippen LogP contribution in [0.3, 0.4) is 0 Å². The Labute approximate surface area is 117 Å². The lowest BCUT2D eigenvalue weighted by molar-refractivity contribution is 0.662. The molecule has 2 aromatic carbocycles. The van der Waals surface area contributed by atoms with Crippen molar-refractivity contribution in [3.63, 3.8) is 0 Å². The third kappa shape index (κ3) is 1.93. The number of halogens is 2. The lowest BCUT2D eigenvalue weighted by Crippen LogP contribution is -2.05. The molecular formula is C15H13Cl2N. The lowest BCUT2D eigenvalue weighted by Gasteiger charge is -2.12. The van der Waals surface area contributed by atoms with Gasteiger partial charge in [0.1, 0.15) is 0 Å². The second-order valence-corrected chi connectivity index (χ2v) is 5.51. The van der Waals surface area contributed by atoms with Crippen LogP contribution in [0.1, 0.15) is 35.1 Å². The van der Waals surface area contributed by atoms with E-state index < -0.39 is 0 Å². The van der Waals surface area contributed by atoms with Gasteiger partial charge in [0.2, 0.25) is 0 Å². The zero-order chi connectivity index (χ0) is 12.7. The molecule has 0 fully saturated rings. The van der Waals surface area contributed by atoms with E-state index in [2.05, 4.69) is 18.2 Å². The molecule has 1 aliphatic rings. The molecule has 2 atom stereocenters. The van der Waals surface area contributed by atoms with E-state index in [0.29, 0.717) is 16.0 Å². The quantitative estimate of drug-likeness (QED) is 0.814. The van der Waals surface area contributed by atoms with Gasteiger partial charge in [0.05, 0.1) is 10.0 Å². The monoisotopic (exact) mass is 277 g/mol. The van der Waals surface area contributed by atoms with Gasteiger partial charge in [-0.25, -0.2) is 0 Å². The highest BCUT2D eigenvalue weighted by atomic mass is 35.5. The largest absolute Gasteiger partial charge is 0.324 e. The summed E-state index contributed by atoms with van der Waals surface area (Å²) in [7, 11) is 0. The smallest absolute Gasteiger partial charge is 0.0595 e. The van der Waals surface area contributed by atoms with Gasteiger partial charge in [0.25, 0.3) is 0 Å².